The fourth-order valence-electron chi connectivity index (χ4n) is 3.94. The number of halogens is 1. The first kappa shape index (κ1) is 20.1. The van der Waals surface area contributed by atoms with Crippen molar-refractivity contribution in [3.05, 3.63) is 75.4 Å². The largest absolute Gasteiger partial charge is 0.497 e. The first-order valence-corrected chi connectivity index (χ1v) is 9.76. The summed E-state index contributed by atoms with van der Waals surface area (Å²) in [5.41, 5.74) is 0.812. The highest BCUT2D eigenvalue weighted by Gasteiger charge is 2.42. The lowest BCUT2D eigenvalue weighted by atomic mass is 9.98. The van der Waals surface area contributed by atoms with E-state index in [0.29, 0.717) is 35.2 Å². The molecule has 2 heterocycles. The summed E-state index contributed by atoms with van der Waals surface area (Å²) in [4.78, 5) is 30.3. The number of methoxy groups -OCH3 is 1. The van der Waals surface area contributed by atoms with Crippen LogP contribution in [0.5, 0.6) is 5.75 Å². The Bertz CT molecular complexity index is 1170. The van der Waals surface area contributed by atoms with Crippen LogP contribution in [0.4, 0.5) is 4.39 Å². The van der Waals surface area contributed by atoms with Crippen LogP contribution in [0.25, 0.3) is 11.0 Å². The van der Waals surface area contributed by atoms with Gasteiger partial charge in [-0.1, -0.05) is 12.1 Å². The van der Waals surface area contributed by atoms with E-state index < -0.39 is 11.9 Å². The maximum absolute atomic E-state index is 14.0. The Kier molecular flexibility index (Phi) is 5.30. The van der Waals surface area contributed by atoms with E-state index in [-0.39, 0.29) is 22.7 Å². The molecule has 6 nitrogen and oxygen atoms in total. The van der Waals surface area contributed by atoms with Gasteiger partial charge in [0.05, 0.1) is 24.1 Å². The average molecular weight is 410 g/mol. The maximum Gasteiger partial charge on any atom is 0.290 e. The lowest BCUT2D eigenvalue weighted by Gasteiger charge is -2.25. The lowest BCUT2D eigenvalue weighted by molar-refractivity contribution is 0.0722. The van der Waals surface area contributed by atoms with Gasteiger partial charge in [0.25, 0.3) is 5.91 Å². The van der Waals surface area contributed by atoms with Gasteiger partial charge in [-0.3, -0.25) is 9.59 Å². The third-order valence-corrected chi connectivity index (χ3v) is 5.34. The normalized spacial score (nSPS) is 15.8. The van der Waals surface area contributed by atoms with Crippen molar-refractivity contribution in [2.75, 3.05) is 34.3 Å². The van der Waals surface area contributed by atoms with Gasteiger partial charge in [-0.2, -0.15) is 0 Å². The van der Waals surface area contributed by atoms with Crippen LogP contribution in [0.1, 0.15) is 34.1 Å². The van der Waals surface area contributed by atoms with Crippen LogP contribution in [0.3, 0.4) is 0 Å². The van der Waals surface area contributed by atoms with Gasteiger partial charge in [-0.15, -0.1) is 0 Å². The Balaban J connectivity index is 1.88. The van der Waals surface area contributed by atoms with Crippen molar-refractivity contribution in [3.63, 3.8) is 0 Å². The van der Waals surface area contributed by atoms with Gasteiger partial charge in [0.15, 0.2) is 5.43 Å². The van der Waals surface area contributed by atoms with Gasteiger partial charge in [-0.25, -0.2) is 4.39 Å². The predicted octanol–water partition coefficient (Wildman–Crippen LogP) is 3.44. The molecule has 156 valence electrons. The van der Waals surface area contributed by atoms with E-state index in [0.717, 1.165) is 6.54 Å². The van der Waals surface area contributed by atoms with E-state index in [4.69, 9.17) is 9.15 Å². The molecule has 30 heavy (non-hydrogen) atoms. The third-order valence-electron chi connectivity index (χ3n) is 5.34. The topological polar surface area (TPSA) is 63.0 Å². The second-order valence-corrected chi connectivity index (χ2v) is 7.65. The lowest BCUT2D eigenvalue weighted by Crippen LogP contribution is -2.32. The van der Waals surface area contributed by atoms with Crippen LogP contribution < -0.4 is 10.2 Å². The predicted molar refractivity (Wildman–Crippen MR) is 111 cm³/mol. The molecule has 2 aromatic carbocycles. The summed E-state index contributed by atoms with van der Waals surface area (Å²) in [6.45, 7) is 1.19. The summed E-state index contributed by atoms with van der Waals surface area (Å²) in [5.74, 6) is -0.239. The molecular formula is C23H23FN2O4. The molecule has 7 heteroatoms. The number of carbonyl (C=O) groups is 1. The number of hydrogen-bond donors (Lipinski definition) is 0. The molecule has 0 radical (unpaired) electrons. The van der Waals surface area contributed by atoms with E-state index in [9.17, 15) is 14.0 Å². The fraction of sp³-hybridized carbons (Fsp3) is 0.304. The minimum atomic E-state index is -0.687. The Morgan fingerprint density at radius 3 is 2.67 bits per heavy atom. The van der Waals surface area contributed by atoms with Gasteiger partial charge in [0.2, 0.25) is 5.76 Å². The number of rotatable bonds is 6. The smallest absolute Gasteiger partial charge is 0.290 e. The Morgan fingerprint density at radius 1 is 1.17 bits per heavy atom. The maximum atomic E-state index is 14.0. The molecule has 0 aliphatic carbocycles. The SMILES string of the molecule is COc1ccc2c(=O)c3c(oc2c1)C(=O)N(CCCN(C)C)[C@@H]3c1cccc(F)c1. The molecule has 0 unspecified atom stereocenters. The van der Waals surface area contributed by atoms with Crippen molar-refractivity contribution in [2.24, 2.45) is 0 Å². The monoisotopic (exact) mass is 410 g/mol. The van der Waals surface area contributed by atoms with Crippen LogP contribution in [-0.2, 0) is 0 Å². The van der Waals surface area contributed by atoms with E-state index in [1.165, 1.54) is 19.2 Å². The molecule has 0 spiro atoms. The van der Waals surface area contributed by atoms with Gasteiger partial charge in [-0.05, 0) is 56.9 Å². The van der Waals surface area contributed by atoms with Gasteiger partial charge >= 0.3 is 0 Å². The van der Waals surface area contributed by atoms with Crippen molar-refractivity contribution >= 4 is 16.9 Å². The number of carbonyl (C=O) groups excluding carboxylic acids is 1. The van der Waals surface area contributed by atoms with Gasteiger partial charge < -0.3 is 19.0 Å². The summed E-state index contributed by atoms with van der Waals surface area (Å²) < 4.78 is 25.1. The molecule has 1 amide bonds. The van der Waals surface area contributed by atoms with Crippen molar-refractivity contribution in [1.29, 1.82) is 0 Å². The molecule has 4 rings (SSSR count). The molecular weight excluding hydrogens is 387 g/mol. The average Bonchev–Trinajstić information content (AvgIpc) is 3.00. The van der Waals surface area contributed by atoms with E-state index in [1.54, 1.807) is 35.2 Å². The number of hydrogen-bond acceptors (Lipinski definition) is 5. The number of ether oxygens (including phenoxy) is 1. The third kappa shape index (κ3) is 3.45. The minimum Gasteiger partial charge on any atom is -0.497 e. The van der Waals surface area contributed by atoms with Crippen LogP contribution in [0.15, 0.2) is 51.7 Å². The standard InChI is InChI=1S/C23H23FN2O4/c1-25(2)10-5-11-26-20(14-6-4-7-15(24)12-14)19-21(27)17-9-8-16(29-3)13-18(17)30-22(19)23(26)28/h4,6-9,12-13,20H,5,10-11H2,1-3H3/t20-/m1/s1. The second-order valence-electron chi connectivity index (χ2n) is 7.65. The summed E-state index contributed by atoms with van der Waals surface area (Å²) in [6, 6.07) is 10.2. The second kappa shape index (κ2) is 7.91. The molecule has 0 bridgehead atoms. The molecule has 0 saturated carbocycles. The summed E-state index contributed by atoms with van der Waals surface area (Å²) in [5, 5.41) is 0.360. The molecule has 0 fully saturated rings. The molecule has 1 aliphatic heterocycles. The zero-order valence-corrected chi connectivity index (χ0v) is 17.1. The number of amides is 1. The molecule has 1 aliphatic rings. The van der Waals surface area contributed by atoms with E-state index in [1.807, 2.05) is 19.0 Å². The van der Waals surface area contributed by atoms with Crippen molar-refractivity contribution < 1.29 is 18.3 Å². The van der Waals surface area contributed by atoms with Gasteiger partial charge in [0, 0.05) is 12.6 Å². The summed E-state index contributed by atoms with van der Waals surface area (Å²) >= 11 is 0. The van der Waals surface area contributed by atoms with Crippen LogP contribution in [-0.4, -0.2) is 50.0 Å². The van der Waals surface area contributed by atoms with Crippen molar-refractivity contribution in [1.82, 2.24) is 9.80 Å². The fourth-order valence-corrected chi connectivity index (χ4v) is 3.94. The van der Waals surface area contributed by atoms with Crippen LogP contribution >= 0.6 is 0 Å². The zero-order valence-electron chi connectivity index (χ0n) is 17.1. The first-order chi connectivity index (χ1) is 14.4. The van der Waals surface area contributed by atoms with Crippen LogP contribution in [0, 0.1) is 5.82 Å². The highest BCUT2D eigenvalue weighted by atomic mass is 19.1. The number of fused-ring (bicyclic) bond motifs is 2. The summed E-state index contributed by atoms with van der Waals surface area (Å²) in [6.07, 6.45) is 0.708. The molecule has 0 saturated heterocycles. The molecule has 0 N–H and O–H groups in total. The van der Waals surface area contributed by atoms with E-state index >= 15 is 0 Å². The molecule has 1 atom stereocenters. The van der Waals surface area contributed by atoms with Gasteiger partial charge in [0.1, 0.15) is 17.1 Å². The Hall–Kier alpha value is -3.19. The van der Waals surface area contributed by atoms with Crippen LogP contribution in [0.2, 0.25) is 0 Å². The summed E-state index contributed by atoms with van der Waals surface area (Å²) in [7, 11) is 5.43. The van der Waals surface area contributed by atoms with Crippen molar-refractivity contribution in [3.8, 4) is 5.75 Å². The highest BCUT2D eigenvalue weighted by molar-refractivity contribution is 5.99. The quantitative estimate of drug-likeness (QED) is 0.623. The Labute approximate surface area is 173 Å². The highest BCUT2D eigenvalue weighted by Crippen LogP contribution is 2.38. The molecule has 1 aromatic heterocycles. The Morgan fingerprint density at radius 2 is 1.97 bits per heavy atom. The zero-order chi connectivity index (χ0) is 21.4. The number of benzene rings is 2. The first-order valence-electron chi connectivity index (χ1n) is 9.76. The van der Waals surface area contributed by atoms with Crippen molar-refractivity contribution in [2.45, 2.75) is 12.5 Å². The minimum absolute atomic E-state index is 0.0138. The molecule has 3 aromatic rings. The number of nitrogens with zero attached hydrogens (tertiary/aromatic N) is 2. The van der Waals surface area contributed by atoms with E-state index in [2.05, 4.69) is 0 Å².